The smallest absolute Gasteiger partial charge is 0.260 e. The minimum Gasteiger partial charge on any atom is -0.497 e. The zero-order valence-electron chi connectivity index (χ0n) is 16.0. The van der Waals surface area contributed by atoms with Gasteiger partial charge in [-0.1, -0.05) is 17.4 Å². The molecule has 0 aliphatic rings. The monoisotopic (exact) mass is 421 g/mol. The van der Waals surface area contributed by atoms with Gasteiger partial charge in [0.05, 0.1) is 29.6 Å². The molecule has 0 fully saturated rings. The largest absolute Gasteiger partial charge is 0.497 e. The molecule has 0 unspecified atom stereocenters. The molecular weight excluding hydrogens is 402 g/mol. The van der Waals surface area contributed by atoms with E-state index < -0.39 is 0 Å². The minimum atomic E-state index is -0.102. The summed E-state index contributed by atoms with van der Waals surface area (Å²) in [5.41, 5.74) is 2.23. The second-order valence-corrected chi connectivity index (χ2v) is 8.16. The fourth-order valence-electron chi connectivity index (χ4n) is 2.91. The van der Waals surface area contributed by atoms with Crippen LogP contribution < -0.4 is 9.64 Å². The van der Waals surface area contributed by atoms with Gasteiger partial charge in [0, 0.05) is 22.7 Å². The Morgan fingerprint density at radius 3 is 2.66 bits per heavy atom. The van der Waals surface area contributed by atoms with Crippen LogP contribution in [0.25, 0.3) is 10.2 Å². The van der Waals surface area contributed by atoms with Gasteiger partial charge < -0.3 is 4.74 Å². The molecule has 29 heavy (non-hydrogen) atoms. The summed E-state index contributed by atoms with van der Waals surface area (Å²) in [5.74, 6) is 0.638. The van der Waals surface area contributed by atoms with Crippen molar-refractivity contribution < 1.29 is 9.53 Å². The highest BCUT2D eigenvalue weighted by molar-refractivity contribution is 7.98. The molecular formula is C22H19N3O2S2. The van der Waals surface area contributed by atoms with E-state index in [0.29, 0.717) is 17.2 Å². The zero-order chi connectivity index (χ0) is 20.2. The Balaban J connectivity index is 1.74. The van der Waals surface area contributed by atoms with Crippen molar-refractivity contribution in [3.63, 3.8) is 0 Å². The normalized spacial score (nSPS) is 10.8. The van der Waals surface area contributed by atoms with Gasteiger partial charge in [-0.25, -0.2) is 4.98 Å². The molecule has 7 heteroatoms. The number of hydrogen-bond acceptors (Lipinski definition) is 6. The average Bonchev–Trinajstić information content (AvgIpc) is 3.20. The van der Waals surface area contributed by atoms with Gasteiger partial charge >= 0.3 is 0 Å². The zero-order valence-corrected chi connectivity index (χ0v) is 17.7. The second-order valence-electron chi connectivity index (χ2n) is 6.27. The van der Waals surface area contributed by atoms with Crippen LogP contribution in [0.3, 0.4) is 0 Å². The van der Waals surface area contributed by atoms with Crippen molar-refractivity contribution in [1.29, 1.82) is 0 Å². The van der Waals surface area contributed by atoms with E-state index in [1.165, 1.54) is 11.3 Å². The molecule has 5 nitrogen and oxygen atoms in total. The lowest BCUT2D eigenvalue weighted by Gasteiger charge is -2.19. The number of carbonyl (C=O) groups excluding carboxylic acids is 1. The third kappa shape index (κ3) is 4.26. The van der Waals surface area contributed by atoms with Crippen molar-refractivity contribution in [3.05, 3.63) is 78.1 Å². The van der Waals surface area contributed by atoms with Crippen LogP contribution in [0.5, 0.6) is 5.75 Å². The summed E-state index contributed by atoms with van der Waals surface area (Å²) < 4.78 is 6.30. The van der Waals surface area contributed by atoms with Crippen molar-refractivity contribution in [2.24, 2.45) is 0 Å². The molecule has 0 spiro atoms. The van der Waals surface area contributed by atoms with E-state index in [4.69, 9.17) is 9.72 Å². The van der Waals surface area contributed by atoms with Crippen molar-refractivity contribution in [2.45, 2.75) is 11.4 Å². The minimum absolute atomic E-state index is 0.102. The van der Waals surface area contributed by atoms with Crippen LogP contribution in [0.4, 0.5) is 5.13 Å². The maximum Gasteiger partial charge on any atom is 0.260 e. The van der Waals surface area contributed by atoms with E-state index in [1.807, 2.05) is 66.9 Å². The number of ether oxygens (including phenoxy) is 1. The summed E-state index contributed by atoms with van der Waals surface area (Å²) in [6.45, 7) is 0.348. The van der Waals surface area contributed by atoms with E-state index in [2.05, 4.69) is 4.98 Å². The molecule has 0 saturated carbocycles. The Labute approximate surface area is 177 Å². The molecule has 0 atom stereocenters. The summed E-state index contributed by atoms with van der Waals surface area (Å²) >= 11 is 3.13. The first-order valence-electron chi connectivity index (χ1n) is 8.98. The Kier molecular flexibility index (Phi) is 5.78. The van der Waals surface area contributed by atoms with Crippen LogP contribution in [0, 0.1) is 0 Å². The molecule has 146 valence electrons. The topological polar surface area (TPSA) is 55.3 Å². The van der Waals surface area contributed by atoms with Crippen LogP contribution in [0.1, 0.15) is 16.1 Å². The van der Waals surface area contributed by atoms with Crippen molar-refractivity contribution in [2.75, 3.05) is 18.3 Å². The second kappa shape index (κ2) is 8.63. The number of pyridine rings is 1. The number of thioether (sulfide) groups is 1. The molecule has 1 amide bonds. The molecule has 4 aromatic rings. The third-order valence-corrected chi connectivity index (χ3v) is 6.25. The number of hydrogen-bond donors (Lipinski definition) is 0. The van der Waals surface area contributed by atoms with Gasteiger partial charge in [0.2, 0.25) is 0 Å². The predicted octanol–water partition coefficient (Wildman–Crippen LogP) is 5.27. The van der Waals surface area contributed by atoms with E-state index in [9.17, 15) is 4.79 Å². The predicted molar refractivity (Wildman–Crippen MR) is 119 cm³/mol. The van der Waals surface area contributed by atoms with Crippen LogP contribution in [-0.4, -0.2) is 29.2 Å². The maximum absolute atomic E-state index is 13.4. The number of anilines is 1. The Hall–Kier alpha value is -2.90. The van der Waals surface area contributed by atoms with Crippen molar-refractivity contribution in [1.82, 2.24) is 9.97 Å². The van der Waals surface area contributed by atoms with Crippen LogP contribution in [-0.2, 0) is 6.54 Å². The average molecular weight is 422 g/mol. The van der Waals surface area contributed by atoms with E-state index in [0.717, 1.165) is 26.6 Å². The van der Waals surface area contributed by atoms with Gasteiger partial charge in [0.1, 0.15) is 5.75 Å². The molecule has 2 aromatic carbocycles. The number of benzene rings is 2. The Bertz CT molecular complexity index is 1130. The third-order valence-electron chi connectivity index (χ3n) is 4.44. The lowest BCUT2D eigenvalue weighted by molar-refractivity contribution is 0.0984. The number of carbonyl (C=O) groups is 1. The summed E-state index contributed by atoms with van der Waals surface area (Å²) in [6, 6.07) is 19.1. The van der Waals surface area contributed by atoms with Crippen LogP contribution >= 0.6 is 23.1 Å². The first-order valence-corrected chi connectivity index (χ1v) is 11.0. The van der Waals surface area contributed by atoms with E-state index in [-0.39, 0.29) is 5.91 Å². The quantitative estimate of drug-likeness (QED) is 0.397. The summed E-state index contributed by atoms with van der Waals surface area (Å²) in [5, 5.41) is 0.637. The van der Waals surface area contributed by atoms with Gasteiger partial charge in [-0.2, -0.15) is 0 Å². The lowest BCUT2D eigenvalue weighted by atomic mass is 10.2. The van der Waals surface area contributed by atoms with Gasteiger partial charge in [-0.15, -0.1) is 11.8 Å². The molecule has 0 radical (unpaired) electrons. The Morgan fingerprint density at radius 1 is 1.14 bits per heavy atom. The van der Waals surface area contributed by atoms with Crippen molar-refractivity contribution >= 4 is 44.4 Å². The maximum atomic E-state index is 13.4. The molecule has 2 heterocycles. The van der Waals surface area contributed by atoms with Crippen LogP contribution in [0.15, 0.2) is 71.8 Å². The number of rotatable bonds is 6. The number of fused-ring (bicyclic) bond motifs is 1. The van der Waals surface area contributed by atoms with E-state index >= 15 is 0 Å². The highest BCUT2D eigenvalue weighted by Crippen LogP contribution is 2.32. The molecule has 4 rings (SSSR count). The lowest BCUT2D eigenvalue weighted by Crippen LogP contribution is -2.30. The fourth-order valence-corrected chi connectivity index (χ4v) is 4.26. The first kappa shape index (κ1) is 19.4. The number of amides is 1. The summed E-state index contributed by atoms with van der Waals surface area (Å²) in [6.07, 6.45) is 3.74. The van der Waals surface area contributed by atoms with Gasteiger partial charge in [0.15, 0.2) is 5.13 Å². The molecule has 0 aliphatic heterocycles. The number of methoxy groups -OCH3 is 1. The molecule has 0 N–H and O–H groups in total. The highest BCUT2D eigenvalue weighted by atomic mass is 32.2. The molecule has 0 saturated heterocycles. The summed E-state index contributed by atoms with van der Waals surface area (Å²) in [4.78, 5) is 25.3. The van der Waals surface area contributed by atoms with Crippen molar-refractivity contribution in [3.8, 4) is 5.75 Å². The van der Waals surface area contributed by atoms with Gasteiger partial charge in [-0.05, 0) is 54.8 Å². The van der Waals surface area contributed by atoms with E-state index in [1.54, 1.807) is 30.0 Å². The van der Waals surface area contributed by atoms with Gasteiger partial charge in [0.25, 0.3) is 5.91 Å². The van der Waals surface area contributed by atoms with Gasteiger partial charge in [-0.3, -0.25) is 14.7 Å². The standard InChI is InChI=1S/C22H19N3O2S2/c1-27-17-8-11-20-19(13-17)24-22(29-20)25(14-16-5-3-4-12-23-16)21(26)15-6-9-18(28-2)10-7-15/h3-13H,14H2,1-2H3. The first-order chi connectivity index (χ1) is 14.2. The highest BCUT2D eigenvalue weighted by Gasteiger charge is 2.22. The Morgan fingerprint density at radius 2 is 1.97 bits per heavy atom. The number of aromatic nitrogens is 2. The molecule has 0 aliphatic carbocycles. The molecule has 2 aromatic heterocycles. The fraction of sp³-hybridized carbons (Fsp3) is 0.136. The molecule has 0 bridgehead atoms. The van der Waals surface area contributed by atoms with Crippen LogP contribution in [0.2, 0.25) is 0 Å². The SMILES string of the molecule is COc1ccc2sc(N(Cc3ccccn3)C(=O)c3ccc(SC)cc3)nc2c1. The number of thiazole rings is 1. The summed E-state index contributed by atoms with van der Waals surface area (Å²) in [7, 11) is 1.63. The number of nitrogens with zero attached hydrogens (tertiary/aromatic N) is 3.